The molecule has 0 aliphatic carbocycles. The lowest BCUT2D eigenvalue weighted by atomic mass is 10.1. The summed E-state index contributed by atoms with van der Waals surface area (Å²) in [7, 11) is 3.57. The second-order valence-corrected chi connectivity index (χ2v) is 7.33. The molecular weight excluding hydrogens is 366 g/mol. The zero-order valence-corrected chi connectivity index (χ0v) is 17.8. The number of likely N-dealkylation sites (tertiary alicyclic amines) is 1. The monoisotopic (exact) mass is 399 g/mol. The maximum absolute atomic E-state index is 5.97. The third-order valence-corrected chi connectivity index (χ3v) is 5.20. The molecule has 1 fully saturated rings. The van der Waals surface area contributed by atoms with E-state index < -0.39 is 0 Å². The van der Waals surface area contributed by atoms with Crippen LogP contribution >= 0.6 is 0 Å². The first-order valence-corrected chi connectivity index (χ1v) is 10.4. The van der Waals surface area contributed by atoms with Gasteiger partial charge in [0.15, 0.2) is 5.96 Å². The fourth-order valence-corrected chi connectivity index (χ4v) is 3.63. The van der Waals surface area contributed by atoms with Crippen molar-refractivity contribution in [2.24, 2.45) is 4.99 Å². The standard InChI is InChI=1S/C22H33N5O2/c1-18-9-14-27(25-18)21-8-5-4-7-19(21)17-24-22(23-2)26-12-10-20(11-13-26)29-16-6-15-28-3/h4-5,7-9,14,20H,6,10-13,15-17H2,1-3H3,(H,23,24). The zero-order valence-electron chi connectivity index (χ0n) is 17.8. The van der Waals surface area contributed by atoms with Crippen LogP contribution in [0.25, 0.3) is 5.69 Å². The lowest BCUT2D eigenvalue weighted by Crippen LogP contribution is -2.46. The lowest BCUT2D eigenvalue weighted by molar-refractivity contribution is 0.00989. The molecule has 1 saturated heterocycles. The molecule has 7 nitrogen and oxygen atoms in total. The first-order valence-electron chi connectivity index (χ1n) is 10.4. The van der Waals surface area contributed by atoms with Crippen LogP contribution in [0.2, 0.25) is 0 Å². The number of ether oxygens (including phenoxy) is 2. The van der Waals surface area contributed by atoms with Gasteiger partial charge in [0.25, 0.3) is 0 Å². The molecule has 7 heteroatoms. The van der Waals surface area contributed by atoms with E-state index in [9.17, 15) is 0 Å². The molecule has 0 atom stereocenters. The second kappa shape index (κ2) is 11.0. The molecule has 0 radical (unpaired) electrons. The van der Waals surface area contributed by atoms with Gasteiger partial charge >= 0.3 is 0 Å². The molecule has 1 aromatic carbocycles. The van der Waals surface area contributed by atoms with Crippen molar-refractivity contribution in [3.8, 4) is 5.69 Å². The van der Waals surface area contributed by atoms with Crippen molar-refractivity contribution in [1.82, 2.24) is 20.0 Å². The first kappa shape index (κ1) is 21.3. The number of piperidine rings is 1. The molecule has 2 aromatic rings. The molecule has 0 unspecified atom stereocenters. The second-order valence-electron chi connectivity index (χ2n) is 7.33. The van der Waals surface area contributed by atoms with Gasteiger partial charge in [0.2, 0.25) is 0 Å². The maximum Gasteiger partial charge on any atom is 0.193 e. The van der Waals surface area contributed by atoms with E-state index in [1.165, 1.54) is 5.56 Å². The Balaban J connectivity index is 1.52. The van der Waals surface area contributed by atoms with E-state index >= 15 is 0 Å². The molecule has 158 valence electrons. The van der Waals surface area contributed by atoms with E-state index in [0.29, 0.717) is 12.6 Å². The molecule has 0 bridgehead atoms. The highest BCUT2D eigenvalue weighted by Crippen LogP contribution is 2.16. The molecular formula is C22H33N5O2. The van der Waals surface area contributed by atoms with E-state index in [0.717, 1.165) is 62.9 Å². The van der Waals surface area contributed by atoms with Crippen molar-refractivity contribution in [1.29, 1.82) is 0 Å². The Hall–Kier alpha value is -2.38. The number of rotatable bonds is 8. The van der Waals surface area contributed by atoms with Crippen LogP contribution in [0.15, 0.2) is 41.5 Å². The highest BCUT2D eigenvalue weighted by molar-refractivity contribution is 5.80. The van der Waals surface area contributed by atoms with Crippen LogP contribution in [0.4, 0.5) is 0 Å². The molecule has 0 saturated carbocycles. The predicted octanol–water partition coefficient (Wildman–Crippen LogP) is 2.77. The van der Waals surface area contributed by atoms with E-state index in [-0.39, 0.29) is 0 Å². The van der Waals surface area contributed by atoms with Gasteiger partial charge in [0, 0.05) is 53.2 Å². The summed E-state index contributed by atoms with van der Waals surface area (Å²) in [5.74, 6) is 0.939. The molecule has 29 heavy (non-hydrogen) atoms. The van der Waals surface area contributed by atoms with Crippen LogP contribution < -0.4 is 5.32 Å². The topological polar surface area (TPSA) is 63.9 Å². The predicted molar refractivity (Wildman–Crippen MR) is 116 cm³/mol. The number of methoxy groups -OCH3 is 1. The molecule has 1 N–H and O–H groups in total. The maximum atomic E-state index is 5.97. The summed E-state index contributed by atoms with van der Waals surface area (Å²) in [5.41, 5.74) is 3.29. The van der Waals surface area contributed by atoms with Crippen molar-refractivity contribution in [2.75, 3.05) is 40.5 Å². The van der Waals surface area contributed by atoms with Crippen molar-refractivity contribution < 1.29 is 9.47 Å². The van der Waals surface area contributed by atoms with Crippen molar-refractivity contribution in [2.45, 2.75) is 38.8 Å². The zero-order chi connectivity index (χ0) is 20.5. The van der Waals surface area contributed by atoms with Gasteiger partial charge in [0.1, 0.15) is 0 Å². The molecule has 3 rings (SSSR count). The third-order valence-electron chi connectivity index (χ3n) is 5.20. The summed E-state index contributed by atoms with van der Waals surface area (Å²) in [4.78, 5) is 6.81. The Bertz CT molecular complexity index is 781. The Labute approximate surface area is 173 Å². The summed E-state index contributed by atoms with van der Waals surface area (Å²) < 4.78 is 13.0. The summed E-state index contributed by atoms with van der Waals surface area (Å²) in [6, 6.07) is 10.4. The average molecular weight is 400 g/mol. The SMILES string of the molecule is CN=C(NCc1ccccc1-n1ccc(C)n1)N1CCC(OCCCOC)CC1. The number of nitrogens with one attached hydrogen (secondary N) is 1. The van der Waals surface area contributed by atoms with Crippen LogP contribution in [0.1, 0.15) is 30.5 Å². The molecule has 1 aromatic heterocycles. The number of benzene rings is 1. The fraction of sp³-hybridized carbons (Fsp3) is 0.545. The first-order chi connectivity index (χ1) is 14.2. The minimum atomic E-state index is 0.338. The largest absolute Gasteiger partial charge is 0.385 e. The number of aliphatic imine (C=N–C) groups is 1. The quantitative estimate of drug-likeness (QED) is 0.420. The molecule has 0 amide bonds. The van der Waals surface area contributed by atoms with E-state index in [2.05, 4.69) is 38.5 Å². The van der Waals surface area contributed by atoms with Gasteiger partial charge in [-0.05, 0) is 43.9 Å². The highest BCUT2D eigenvalue weighted by atomic mass is 16.5. The van der Waals surface area contributed by atoms with Gasteiger partial charge in [-0.2, -0.15) is 5.10 Å². The number of nitrogens with zero attached hydrogens (tertiary/aromatic N) is 4. The smallest absolute Gasteiger partial charge is 0.193 e. The highest BCUT2D eigenvalue weighted by Gasteiger charge is 2.22. The van der Waals surface area contributed by atoms with Crippen LogP contribution in [-0.4, -0.2) is 67.2 Å². The Morgan fingerprint density at radius 1 is 1.21 bits per heavy atom. The lowest BCUT2D eigenvalue weighted by Gasteiger charge is -2.34. The van der Waals surface area contributed by atoms with Crippen LogP contribution in [0.5, 0.6) is 0 Å². The Morgan fingerprint density at radius 2 is 2.00 bits per heavy atom. The minimum absolute atomic E-state index is 0.338. The van der Waals surface area contributed by atoms with Crippen molar-refractivity contribution >= 4 is 5.96 Å². The average Bonchev–Trinajstić information content (AvgIpc) is 3.19. The summed E-state index contributed by atoms with van der Waals surface area (Å²) in [5, 5.41) is 8.07. The number of aryl methyl sites for hydroxylation is 1. The van der Waals surface area contributed by atoms with Crippen LogP contribution in [0, 0.1) is 6.92 Å². The van der Waals surface area contributed by atoms with Crippen LogP contribution in [0.3, 0.4) is 0 Å². The fourth-order valence-electron chi connectivity index (χ4n) is 3.63. The number of hydrogen-bond acceptors (Lipinski definition) is 4. The van der Waals surface area contributed by atoms with Gasteiger partial charge in [0.05, 0.1) is 17.5 Å². The third kappa shape index (κ3) is 6.05. The number of aromatic nitrogens is 2. The normalized spacial score (nSPS) is 15.7. The van der Waals surface area contributed by atoms with Gasteiger partial charge in [-0.25, -0.2) is 4.68 Å². The number of hydrogen-bond donors (Lipinski definition) is 1. The minimum Gasteiger partial charge on any atom is -0.385 e. The summed E-state index contributed by atoms with van der Waals surface area (Å²) in [6.07, 6.45) is 5.34. The van der Waals surface area contributed by atoms with Crippen LogP contribution in [-0.2, 0) is 16.0 Å². The summed E-state index contributed by atoms with van der Waals surface area (Å²) in [6.45, 7) is 6.15. The van der Waals surface area contributed by atoms with Gasteiger partial charge in [-0.1, -0.05) is 18.2 Å². The van der Waals surface area contributed by atoms with Gasteiger partial charge in [-0.15, -0.1) is 0 Å². The van der Waals surface area contributed by atoms with E-state index in [4.69, 9.17) is 9.47 Å². The van der Waals surface area contributed by atoms with Crippen molar-refractivity contribution in [3.05, 3.63) is 47.8 Å². The molecule has 2 heterocycles. The van der Waals surface area contributed by atoms with E-state index in [1.54, 1.807) is 7.11 Å². The van der Waals surface area contributed by atoms with Gasteiger partial charge in [-0.3, -0.25) is 4.99 Å². The molecule has 0 spiro atoms. The Morgan fingerprint density at radius 3 is 2.69 bits per heavy atom. The number of para-hydroxylation sites is 1. The van der Waals surface area contributed by atoms with Gasteiger partial charge < -0.3 is 19.7 Å². The molecule has 1 aliphatic rings. The summed E-state index contributed by atoms with van der Waals surface area (Å²) >= 11 is 0. The van der Waals surface area contributed by atoms with E-state index in [1.807, 2.05) is 37.0 Å². The number of guanidine groups is 1. The molecule has 1 aliphatic heterocycles. The van der Waals surface area contributed by atoms with Crippen molar-refractivity contribution in [3.63, 3.8) is 0 Å². The Kier molecular flexibility index (Phi) is 8.07.